The number of carbonyl (C=O) groups is 1. The molecule has 1 aliphatic heterocycles. The number of hydrogen-bond acceptors (Lipinski definition) is 6. The van der Waals surface area contributed by atoms with Gasteiger partial charge in [-0.15, -0.1) is 0 Å². The summed E-state index contributed by atoms with van der Waals surface area (Å²) in [6, 6.07) is 2.83. The van der Waals surface area contributed by atoms with Gasteiger partial charge < -0.3 is 9.47 Å². The second-order valence-corrected chi connectivity index (χ2v) is 8.91. The van der Waals surface area contributed by atoms with E-state index in [-0.39, 0.29) is 29.4 Å². The summed E-state index contributed by atoms with van der Waals surface area (Å²) >= 11 is 0. The number of fused-ring (bicyclic) bond motifs is 1. The van der Waals surface area contributed by atoms with Crippen LogP contribution in [0.2, 0.25) is 0 Å². The molecule has 6 rings (SSSR count). The van der Waals surface area contributed by atoms with Crippen molar-refractivity contribution in [3.05, 3.63) is 27.8 Å². The lowest BCUT2D eigenvalue weighted by Crippen LogP contribution is -2.47. The molecular formula is C20H23N3O5. The number of amides is 1. The van der Waals surface area contributed by atoms with E-state index in [0.29, 0.717) is 17.9 Å². The fourth-order valence-electron chi connectivity index (χ4n) is 6.27. The second kappa shape index (κ2) is 6.46. The van der Waals surface area contributed by atoms with Gasteiger partial charge in [0.1, 0.15) is 0 Å². The van der Waals surface area contributed by atoms with Crippen molar-refractivity contribution in [2.45, 2.75) is 44.9 Å². The summed E-state index contributed by atoms with van der Waals surface area (Å²) in [7, 11) is 0. The number of nitro groups is 1. The molecule has 8 nitrogen and oxygen atoms in total. The number of carbonyl (C=O) groups excluding carboxylic acids is 1. The maximum absolute atomic E-state index is 12.5. The third kappa shape index (κ3) is 3.10. The Morgan fingerprint density at radius 3 is 2.39 bits per heavy atom. The predicted molar refractivity (Wildman–Crippen MR) is 100 cm³/mol. The van der Waals surface area contributed by atoms with E-state index >= 15 is 0 Å². The summed E-state index contributed by atoms with van der Waals surface area (Å²) in [6.07, 6.45) is 9.29. The number of benzene rings is 1. The zero-order valence-corrected chi connectivity index (χ0v) is 15.6. The first-order valence-corrected chi connectivity index (χ1v) is 9.90. The molecule has 28 heavy (non-hydrogen) atoms. The van der Waals surface area contributed by atoms with Crippen LogP contribution in [0.1, 0.15) is 50.5 Å². The van der Waals surface area contributed by atoms with Crippen molar-refractivity contribution in [1.29, 1.82) is 0 Å². The average molecular weight is 385 g/mol. The number of ether oxygens (including phenoxy) is 2. The van der Waals surface area contributed by atoms with Gasteiger partial charge in [0.2, 0.25) is 12.7 Å². The summed E-state index contributed by atoms with van der Waals surface area (Å²) in [5, 5.41) is 15.3. The maximum Gasteiger partial charge on any atom is 0.282 e. The number of hydrogen-bond donors (Lipinski definition) is 1. The monoisotopic (exact) mass is 385 g/mol. The van der Waals surface area contributed by atoms with Crippen LogP contribution >= 0.6 is 0 Å². The molecule has 8 heteroatoms. The molecule has 5 aliphatic rings. The van der Waals surface area contributed by atoms with E-state index in [1.54, 1.807) is 0 Å². The maximum atomic E-state index is 12.5. The Balaban J connectivity index is 1.26. The van der Waals surface area contributed by atoms with E-state index in [0.717, 1.165) is 37.0 Å². The third-order valence-corrected chi connectivity index (χ3v) is 6.81. The van der Waals surface area contributed by atoms with Crippen LogP contribution in [0.3, 0.4) is 0 Å². The van der Waals surface area contributed by atoms with Crippen molar-refractivity contribution in [2.75, 3.05) is 6.79 Å². The molecule has 1 N–H and O–H groups in total. The average Bonchev–Trinajstić information content (AvgIpc) is 3.06. The quantitative estimate of drug-likeness (QED) is 0.475. The molecule has 4 saturated carbocycles. The Hall–Kier alpha value is -2.64. The molecule has 0 radical (unpaired) electrons. The molecule has 1 amide bonds. The number of hydrazone groups is 1. The zero-order valence-electron chi connectivity index (χ0n) is 15.6. The number of nitro benzene ring substituents is 1. The van der Waals surface area contributed by atoms with Gasteiger partial charge in [0.25, 0.3) is 5.69 Å². The largest absolute Gasteiger partial charge is 0.454 e. The van der Waals surface area contributed by atoms with Gasteiger partial charge in [0.05, 0.1) is 22.8 Å². The SMILES string of the molecule is O=C(CC12CC3CC(CC(C3)C1)C2)N/N=C\c1cc2c(cc1[N+](=O)[O-])OCO2. The van der Waals surface area contributed by atoms with Crippen LogP contribution in [0.4, 0.5) is 5.69 Å². The summed E-state index contributed by atoms with van der Waals surface area (Å²) in [5.74, 6) is 3.04. The molecule has 0 aromatic heterocycles. The van der Waals surface area contributed by atoms with Crippen LogP contribution in [-0.2, 0) is 4.79 Å². The minimum Gasteiger partial charge on any atom is -0.454 e. The standard InChI is InChI=1S/C20H23N3O5/c24-19(9-20-6-12-1-13(7-20)3-14(2-12)8-20)22-21-10-15-4-17-18(28-11-27-17)5-16(15)23(25)26/h4-5,10,12-14H,1-3,6-9,11H2,(H,22,24)/b21-10-. The number of nitrogens with zero attached hydrogens (tertiary/aromatic N) is 2. The second-order valence-electron chi connectivity index (χ2n) is 8.91. The summed E-state index contributed by atoms with van der Waals surface area (Å²) in [6.45, 7) is 0.0366. The van der Waals surface area contributed by atoms with Gasteiger partial charge in [-0.05, 0) is 67.8 Å². The Morgan fingerprint density at radius 2 is 1.79 bits per heavy atom. The van der Waals surface area contributed by atoms with Crippen molar-refractivity contribution in [1.82, 2.24) is 5.43 Å². The van der Waals surface area contributed by atoms with Crippen LogP contribution in [0.5, 0.6) is 11.5 Å². The van der Waals surface area contributed by atoms with Gasteiger partial charge in [-0.1, -0.05) is 0 Å². The highest BCUT2D eigenvalue weighted by Gasteiger charge is 2.51. The normalized spacial score (nSPS) is 32.1. The predicted octanol–water partition coefficient (Wildman–Crippen LogP) is 3.38. The van der Waals surface area contributed by atoms with Gasteiger partial charge >= 0.3 is 0 Å². The van der Waals surface area contributed by atoms with Crippen molar-refractivity contribution < 1.29 is 19.2 Å². The first-order chi connectivity index (χ1) is 13.5. The molecular weight excluding hydrogens is 362 g/mol. The molecule has 4 fully saturated rings. The van der Waals surface area contributed by atoms with Crippen LogP contribution in [0, 0.1) is 33.3 Å². The van der Waals surface area contributed by atoms with Crippen molar-refractivity contribution in [3.8, 4) is 11.5 Å². The number of rotatable bonds is 5. The highest BCUT2D eigenvalue weighted by Crippen LogP contribution is 2.61. The zero-order chi connectivity index (χ0) is 19.3. The summed E-state index contributed by atoms with van der Waals surface area (Å²) in [4.78, 5) is 23.3. The molecule has 148 valence electrons. The molecule has 0 saturated heterocycles. The first kappa shape index (κ1) is 17.5. The van der Waals surface area contributed by atoms with Gasteiger partial charge in [-0.25, -0.2) is 5.43 Å². The van der Waals surface area contributed by atoms with Gasteiger partial charge in [0.15, 0.2) is 11.5 Å². The van der Waals surface area contributed by atoms with Gasteiger partial charge in [-0.2, -0.15) is 5.10 Å². The minimum atomic E-state index is -0.499. The van der Waals surface area contributed by atoms with Crippen LogP contribution < -0.4 is 14.9 Å². The fraction of sp³-hybridized carbons (Fsp3) is 0.600. The van der Waals surface area contributed by atoms with E-state index in [4.69, 9.17) is 9.47 Å². The molecule has 4 aliphatic carbocycles. The Morgan fingerprint density at radius 1 is 1.18 bits per heavy atom. The highest BCUT2D eigenvalue weighted by molar-refractivity contribution is 5.88. The lowest BCUT2D eigenvalue weighted by molar-refractivity contribution is -0.385. The molecule has 0 unspecified atom stereocenters. The number of nitrogens with one attached hydrogen (secondary N) is 1. The molecule has 1 heterocycles. The molecule has 1 aromatic carbocycles. The van der Waals surface area contributed by atoms with Crippen molar-refractivity contribution in [2.24, 2.45) is 28.3 Å². The Labute approximate surface area is 162 Å². The van der Waals surface area contributed by atoms with Crippen LogP contribution in [0.25, 0.3) is 0 Å². The molecule has 0 atom stereocenters. The first-order valence-electron chi connectivity index (χ1n) is 9.90. The van der Waals surface area contributed by atoms with Crippen LogP contribution in [0.15, 0.2) is 17.2 Å². The van der Waals surface area contributed by atoms with E-state index in [1.165, 1.54) is 37.6 Å². The summed E-state index contributed by atoms with van der Waals surface area (Å²) in [5.41, 5.74) is 2.85. The smallest absolute Gasteiger partial charge is 0.282 e. The lowest BCUT2D eigenvalue weighted by atomic mass is 9.49. The van der Waals surface area contributed by atoms with Gasteiger partial charge in [-0.3, -0.25) is 14.9 Å². The fourth-order valence-corrected chi connectivity index (χ4v) is 6.27. The van der Waals surface area contributed by atoms with Crippen LogP contribution in [-0.4, -0.2) is 23.8 Å². The van der Waals surface area contributed by atoms with Crippen molar-refractivity contribution >= 4 is 17.8 Å². The molecule has 0 spiro atoms. The van der Waals surface area contributed by atoms with Crippen molar-refractivity contribution in [3.63, 3.8) is 0 Å². The van der Waals surface area contributed by atoms with E-state index < -0.39 is 4.92 Å². The third-order valence-electron chi connectivity index (χ3n) is 6.81. The summed E-state index contributed by atoms with van der Waals surface area (Å²) < 4.78 is 10.4. The Bertz CT molecular complexity index is 830. The van der Waals surface area contributed by atoms with E-state index in [1.807, 2.05) is 0 Å². The molecule has 4 bridgehead atoms. The van der Waals surface area contributed by atoms with Gasteiger partial charge in [0, 0.05) is 6.42 Å². The highest BCUT2D eigenvalue weighted by atomic mass is 16.7. The lowest BCUT2D eigenvalue weighted by Gasteiger charge is -2.56. The van der Waals surface area contributed by atoms with E-state index in [2.05, 4.69) is 10.5 Å². The van der Waals surface area contributed by atoms with E-state index in [9.17, 15) is 14.9 Å². The Kier molecular flexibility index (Phi) is 4.03. The minimum absolute atomic E-state index is 0.0366. The topological polar surface area (TPSA) is 103 Å². The molecule has 1 aromatic rings.